The Bertz CT molecular complexity index is 459. The number of para-hydroxylation sites is 1. The van der Waals surface area contributed by atoms with Gasteiger partial charge in [-0.05, 0) is 12.1 Å². The Kier molecular flexibility index (Phi) is 2.55. The van der Waals surface area contributed by atoms with Gasteiger partial charge in [0, 0.05) is 14.1 Å². The zero-order chi connectivity index (χ0) is 10.8. The van der Waals surface area contributed by atoms with Crippen LogP contribution in [0.3, 0.4) is 0 Å². The van der Waals surface area contributed by atoms with Gasteiger partial charge in [0.2, 0.25) is 0 Å². The Hall–Kier alpha value is -1.62. The van der Waals surface area contributed by atoms with Crippen molar-refractivity contribution < 1.29 is 4.79 Å². The molecule has 15 heavy (non-hydrogen) atoms. The van der Waals surface area contributed by atoms with Crippen molar-refractivity contribution in [3.05, 3.63) is 24.3 Å². The van der Waals surface area contributed by atoms with Gasteiger partial charge in [-0.2, -0.15) is 0 Å². The van der Waals surface area contributed by atoms with Crippen LogP contribution < -0.4 is 5.32 Å². The van der Waals surface area contributed by atoms with E-state index >= 15 is 0 Å². The van der Waals surface area contributed by atoms with E-state index in [1.165, 1.54) is 16.2 Å². The first-order chi connectivity index (χ1) is 7.16. The molecule has 2 aromatic rings. The van der Waals surface area contributed by atoms with Crippen LogP contribution in [0.5, 0.6) is 0 Å². The van der Waals surface area contributed by atoms with Crippen molar-refractivity contribution in [2.45, 2.75) is 0 Å². The Morgan fingerprint density at radius 1 is 1.40 bits per heavy atom. The summed E-state index contributed by atoms with van der Waals surface area (Å²) in [6.07, 6.45) is 0. The zero-order valence-corrected chi connectivity index (χ0v) is 9.34. The van der Waals surface area contributed by atoms with E-state index in [-0.39, 0.29) is 6.03 Å². The summed E-state index contributed by atoms with van der Waals surface area (Å²) in [6, 6.07) is 7.64. The molecule has 0 aliphatic heterocycles. The third-order valence-electron chi connectivity index (χ3n) is 1.91. The number of carbonyl (C=O) groups is 1. The Labute approximate surface area is 91.5 Å². The molecule has 0 saturated carbocycles. The van der Waals surface area contributed by atoms with Crippen molar-refractivity contribution in [3.8, 4) is 0 Å². The van der Waals surface area contributed by atoms with Gasteiger partial charge in [0.15, 0.2) is 5.13 Å². The Morgan fingerprint density at radius 3 is 2.80 bits per heavy atom. The second kappa shape index (κ2) is 3.86. The van der Waals surface area contributed by atoms with Crippen LogP contribution in [0.4, 0.5) is 9.93 Å². The van der Waals surface area contributed by atoms with Crippen molar-refractivity contribution in [1.82, 2.24) is 9.88 Å². The van der Waals surface area contributed by atoms with E-state index in [9.17, 15) is 4.79 Å². The molecule has 0 atom stereocenters. The Morgan fingerprint density at radius 2 is 2.13 bits per heavy atom. The number of amides is 2. The lowest BCUT2D eigenvalue weighted by atomic mass is 10.3. The van der Waals surface area contributed by atoms with E-state index in [2.05, 4.69) is 10.3 Å². The van der Waals surface area contributed by atoms with Crippen molar-refractivity contribution in [2.24, 2.45) is 0 Å². The zero-order valence-electron chi connectivity index (χ0n) is 8.52. The molecular weight excluding hydrogens is 210 g/mol. The molecule has 4 nitrogen and oxygen atoms in total. The van der Waals surface area contributed by atoms with Crippen molar-refractivity contribution >= 4 is 32.7 Å². The molecule has 0 radical (unpaired) electrons. The van der Waals surface area contributed by atoms with Gasteiger partial charge in [-0.1, -0.05) is 23.5 Å². The highest BCUT2D eigenvalue weighted by atomic mass is 32.1. The van der Waals surface area contributed by atoms with Crippen molar-refractivity contribution in [1.29, 1.82) is 0 Å². The largest absolute Gasteiger partial charge is 0.331 e. The highest BCUT2D eigenvalue weighted by molar-refractivity contribution is 7.22. The Balaban J connectivity index is 2.26. The third kappa shape index (κ3) is 2.07. The monoisotopic (exact) mass is 221 g/mol. The number of hydrogen-bond donors (Lipinski definition) is 1. The highest BCUT2D eigenvalue weighted by Crippen LogP contribution is 2.25. The molecule has 2 rings (SSSR count). The molecule has 2 amide bonds. The second-order valence-corrected chi connectivity index (χ2v) is 4.34. The molecule has 1 heterocycles. The number of urea groups is 1. The van der Waals surface area contributed by atoms with Gasteiger partial charge in [0.25, 0.3) is 0 Å². The normalized spacial score (nSPS) is 10.3. The van der Waals surface area contributed by atoms with Gasteiger partial charge >= 0.3 is 6.03 Å². The van der Waals surface area contributed by atoms with E-state index in [0.717, 1.165) is 10.2 Å². The first kappa shape index (κ1) is 9.92. The fourth-order valence-electron chi connectivity index (χ4n) is 1.13. The van der Waals surface area contributed by atoms with E-state index in [4.69, 9.17) is 0 Å². The number of rotatable bonds is 1. The SMILES string of the molecule is CN(C)C(=O)Nc1nc2ccccc2s1. The number of hydrogen-bond acceptors (Lipinski definition) is 3. The average Bonchev–Trinajstić information content (AvgIpc) is 2.59. The fourth-order valence-corrected chi connectivity index (χ4v) is 1.98. The molecule has 1 aromatic heterocycles. The van der Waals surface area contributed by atoms with E-state index in [1.807, 2.05) is 24.3 Å². The molecule has 1 N–H and O–H groups in total. The van der Waals surface area contributed by atoms with Crippen LogP contribution in [0.2, 0.25) is 0 Å². The minimum Gasteiger partial charge on any atom is -0.331 e. The number of anilines is 1. The summed E-state index contributed by atoms with van der Waals surface area (Å²) in [7, 11) is 3.39. The van der Waals surface area contributed by atoms with Crippen LogP contribution in [-0.4, -0.2) is 30.0 Å². The predicted octanol–water partition coefficient (Wildman–Crippen LogP) is 2.39. The standard InChI is InChI=1S/C10H11N3OS/c1-13(2)10(14)12-9-11-7-5-3-4-6-8(7)15-9/h3-6H,1-2H3,(H,11,12,14). The maximum absolute atomic E-state index is 11.4. The van der Waals surface area contributed by atoms with Gasteiger partial charge in [-0.3, -0.25) is 5.32 Å². The average molecular weight is 221 g/mol. The molecule has 0 unspecified atom stereocenters. The lowest BCUT2D eigenvalue weighted by molar-refractivity contribution is 0.230. The summed E-state index contributed by atoms with van der Waals surface area (Å²) in [4.78, 5) is 17.1. The van der Waals surface area contributed by atoms with Gasteiger partial charge in [-0.25, -0.2) is 9.78 Å². The summed E-state index contributed by atoms with van der Waals surface area (Å²) in [5.74, 6) is 0. The van der Waals surface area contributed by atoms with Crippen LogP contribution >= 0.6 is 11.3 Å². The van der Waals surface area contributed by atoms with Gasteiger partial charge in [-0.15, -0.1) is 0 Å². The maximum atomic E-state index is 11.4. The molecule has 0 spiro atoms. The summed E-state index contributed by atoms with van der Waals surface area (Å²) in [5, 5.41) is 3.36. The number of nitrogens with zero attached hydrogens (tertiary/aromatic N) is 2. The minimum absolute atomic E-state index is 0.158. The molecule has 5 heteroatoms. The molecular formula is C10H11N3OS. The quantitative estimate of drug-likeness (QED) is 0.803. The van der Waals surface area contributed by atoms with Crippen LogP contribution in [-0.2, 0) is 0 Å². The highest BCUT2D eigenvalue weighted by Gasteiger charge is 2.07. The number of thiazole rings is 1. The summed E-state index contributed by atoms with van der Waals surface area (Å²) in [5.41, 5.74) is 0.913. The molecule has 0 saturated heterocycles. The first-order valence-corrected chi connectivity index (χ1v) is 5.32. The molecule has 78 valence electrons. The van der Waals surface area contributed by atoms with Crippen LogP contribution in [0.1, 0.15) is 0 Å². The van der Waals surface area contributed by atoms with Crippen LogP contribution in [0.15, 0.2) is 24.3 Å². The third-order valence-corrected chi connectivity index (χ3v) is 2.87. The lowest BCUT2D eigenvalue weighted by Crippen LogP contribution is -2.27. The van der Waals surface area contributed by atoms with Crippen molar-refractivity contribution in [2.75, 3.05) is 19.4 Å². The van der Waals surface area contributed by atoms with E-state index < -0.39 is 0 Å². The molecule has 0 fully saturated rings. The van der Waals surface area contributed by atoms with Gasteiger partial charge < -0.3 is 4.90 Å². The summed E-state index contributed by atoms with van der Waals surface area (Å²) >= 11 is 1.47. The molecule has 0 aliphatic carbocycles. The molecule has 1 aromatic carbocycles. The predicted molar refractivity (Wildman–Crippen MR) is 62.3 cm³/mol. The number of carbonyl (C=O) groups excluding carboxylic acids is 1. The molecule has 0 aliphatic rings. The lowest BCUT2D eigenvalue weighted by Gasteiger charge is -2.08. The van der Waals surface area contributed by atoms with Crippen LogP contribution in [0, 0.1) is 0 Å². The van der Waals surface area contributed by atoms with Crippen molar-refractivity contribution in [3.63, 3.8) is 0 Å². The fraction of sp³-hybridized carbons (Fsp3) is 0.200. The minimum atomic E-state index is -0.158. The number of fused-ring (bicyclic) bond motifs is 1. The number of aromatic nitrogens is 1. The van der Waals surface area contributed by atoms with Crippen LogP contribution in [0.25, 0.3) is 10.2 Å². The van der Waals surface area contributed by atoms with Gasteiger partial charge in [0.05, 0.1) is 10.2 Å². The summed E-state index contributed by atoms with van der Waals surface area (Å²) in [6.45, 7) is 0. The second-order valence-electron chi connectivity index (χ2n) is 3.31. The topological polar surface area (TPSA) is 45.2 Å². The maximum Gasteiger partial charge on any atom is 0.323 e. The van der Waals surface area contributed by atoms with E-state index in [1.54, 1.807) is 14.1 Å². The van der Waals surface area contributed by atoms with E-state index in [0.29, 0.717) is 5.13 Å². The van der Waals surface area contributed by atoms with Gasteiger partial charge in [0.1, 0.15) is 0 Å². The molecule has 0 bridgehead atoms. The number of benzene rings is 1. The number of nitrogens with one attached hydrogen (secondary N) is 1. The first-order valence-electron chi connectivity index (χ1n) is 4.50. The smallest absolute Gasteiger partial charge is 0.323 e. The summed E-state index contributed by atoms with van der Waals surface area (Å²) < 4.78 is 1.08.